The number of fused-ring (bicyclic) bond motifs is 1. The van der Waals surface area contributed by atoms with Crippen molar-refractivity contribution in [3.63, 3.8) is 0 Å². The molecule has 0 aliphatic heterocycles. The summed E-state index contributed by atoms with van der Waals surface area (Å²) in [7, 11) is 0.874. The van der Waals surface area contributed by atoms with Gasteiger partial charge in [-0.15, -0.1) is 0 Å². The van der Waals surface area contributed by atoms with Crippen LogP contribution in [0.25, 0.3) is 0 Å². The van der Waals surface area contributed by atoms with E-state index < -0.39 is 41.2 Å². The maximum atomic E-state index is 14.8. The monoisotopic (exact) mass is 698 g/mol. The van der Waals surface area contributed by atoms with Crippen LogP contribution in [0.15, 0.2) is 53.0 Å². The second kappa shape index (κ2) is 14.7. The number of esters is 2. The van der Waals surface area contributed by atoms with Gasteiger partial charge in [0.1, 0.15) is 12.7 Å². The molecule has 252 valence electrons. The fourth-order valence-electron chi connectivity index (χ4n) is 7.87. The van der Waals surface area contributed by atoms with Gasteiger partial charge in [-0.3, -0.25) is 4.79 Å². The molecule has 0 bridgehead atoms. The Hall–Kier alpha value is -2.13. The molecule has 0 heterocycles. The van der Waals surface area contributed by atoms with Gasteiger partial charge in [-0.25, -0.2) is 4.79 Å². The number of allylic oxidation sites excluding steroid dienone is 1. The summed E-state index contributed by atoms with van der Waals surface area (Å²) in [6, 6.07) is 6.87. The van der Waals surface area contributed by atoms with E-state index >= 15 is 0 Å². The number of carbonyl (C=O) groups is 2. The number of rotatable bonds is 12. The minimum Gasteiger partial charge on any atom is -0.461 e. The lowest BCUT2D eigenvalue weighted by Gasteiger charge is -2.45. The molecule has 45 heavy (non-hydrogen) atoms. The zero-order chi connectivity index (χ0) is 33.8. The van der Waals surface area contributed by atoms with Crippen LogP contribution in [0.4, 0.5) is 13.2 Å². The Morgan fingerprint density at radius 1 is 1.13 bits per heavy atom. The number of alkyl halides is 3. The minimum absolute atomic E-state index is 0.0333. The van der Waals surface area contributed by atoms with Gasteiger partial charge in [0.25, 0.3) is 5.60 Å². The molecule has 0 saturated heterocycles. The summed E-state index contributed by atoms with van der Waals surface area (Å²) in [4.78, 5) is 28.5. The van der Waals surface area contributed by atoms with Crippen LogP contribution in [-0.2, 0) is 29.4 Å². The normalized spacial score (nSPS) is 26.3. The number of hydrogen-bond donors (Lipinski definition) is 0. The third kappa shape index (κ3) is 7.72. The van der Waals surface area contributed by atoms with Gasteiger partial charge in [0.15, 0.2) is 0 Å². The SMILES string of the molecule is C=C(COC(=O)C(C)(C)C)[C@H](CC)[C@H](C[C@@H](C)[C@H]1CC[C@H]2/C(=C/Br)CCC[C@]12C)OC(=O)[C@](OC)(c1ccccc1)C(F)(F)F. The molecule has 1 aromatic rings. The van der Waals surface area contributed by atoms with E-state index in [-0.39, 0.29) is 23.5 Å². The van der Waals surface area contributed by atoms with E-state index in [0.29, 0.717) is 30.3 Å². The molecule has 1 aromatic carbocycles. The van der Waals surface area contributed by atoms with Crippen molar-refractivity contribution in [2.24, 2.45) is 34.5 Å². The van der Waals surface area contributed by atoms with E-state index in [4.69, 9.17) is 14.2 Å². The summed E-state index contributed by atoms with van der Waals surface area (Å²) in [5.41, 5.74) is -2.45. The summed E-state index contributed by atoms with van der Waals surface area (Å²) < 4.78 is 61.1. The quantitative estimate of drug-likeness (QED) is 0.161. The van der Waals surface area contributed by atoms with Gasteiger partial charge >= 0.3 is 18.1 Å². The highest BCUT2D eigenvalue weighted by molar-refractivity contribution is 9.11. The maximum Gasteiger partial charge on any atom is 0.432 e. The van der Waals surface area contributed by atoms with Gasteiger partial charge in [0, 0.05) is 18.6 Å². The molecule has 9 heteroatoms. The minimum atomic E-state index is -5.09. The van der Waals surface area contributed by atoms with Crippen LogP contribution in [0.3, 0.4) is 0 Å². The number of halogens is 4. The first-order valence-corrected chi connectivity index (χ1v) is 16.9. The van der Waals surface area contributed by atoms with E-state index in [1.807, 2.05) is 6.92 Å². The van der Waals surface area contributed by atoms with Gasteiger partial charge in [-0.05, 0) is 99.4 Å². The van der Waals surface area contributed by atoms with Gasteiger partial charge in [-0.1, -0.05) is 79.2 Å². The number of benzene rings is 1. The maximum absolute atomic E-state index is 14.8. The molecule has 0 radical (unpaired) electrons. The third-order valence-corrected chi connectivity index (χ3v) is 10.9. The predicted molar refractivity (Wildman–Crippen MR) is 173 cm³/mol. The van der Waals surface area contributed by atoms with Crippen molar-refractivity contribution in [3.8, 4) is 0 Å². The second-order valence-electron chi connectivity index (χ2n) is 14.2. The lowest BCUT2D eigenvalue weighted by atomic mass is 9.61. The Balaban J connectivity index is 1.99. The molecule has 0 spiro atoms. The highest BCUT2D eigenvalue weighted by atomic mass is 79.9. The zero-order valence-corrected chi connectivity index (χ0v) is 29.4. The van der Waals surface area contributed by atoms with Crippen molar-refractivity contribution < 1.29 is 37.0 Å². The molecule has 0 amide bonds. The summed E-state index contributed by atoms with van der Waals surface area (Å²) >= 11 is 3.57. The highest BCUT2D eigenvalue weighted by Crippen LogP contribution is 2.60. The molecule has 5 nitrogen and oxygen atoms in total. The van der Waals surface area contributed by atoms with E-state index in [2.05, 4.69) is 41.3 Å². The first-order chi connectivity index (χ1) is 21.0. The first-order valence-electron chi connectivity index (χ1n) is 16.0. The van der Waals surface area contributed by atoms with Crippen LogP contribution in [-0.4, -0.2) is 37.9 Å². The van der Waals surface area contributed by atoms with Crippen LogP contribution in [0.2, 0.25) is 0 Å². The summed E-state index contributed by atoms with van der Waals surface area (Å²) in [5.74, 6) is -1.71. The van der Waals surface area contributed by atoms with Crippen LogP contribution in [0, 0.1) is 34.5 Å². The molecule has 0 unspecified atom stereocenters. The molecule has 2 aliphatic rings. The fraction of sp³-hybridized carbons (Fsp3) is 0.667. The van der Waals surface area contributed by atoms with Crippen LogP contribution < -0.4 is 0 Å². The Bertz CT molecular complexity index is 1220. The standard InChI is InChI=1S/C36H50BrF3O5/c1-9-27(24(3)22-44-31(41)33(4,5)6)30(20-23(2)28-17-18-29-25(21-37)14-13-19-34(28,29)7)45-32(42)35(43-8,36(38,39)40)26-15-11-10-12-16-26/h10-12,15-16,21,23,27-30H,3,9,13-14,17-20,22H2,1-2,4-8H3/b25-21+/t23-,27+,28-,29+,30+,34-,35-/m1/s1. The molecule has 7 atom stereocenters. The van der Waals surface area contributed by atoms with Crippen molar-refractivity contribution in [2.45, 2.75) is 104 Å². The van der Waals surface area contributed by atoms with Crippen LogP contribution in [0.5, 0.6) is 0 Å². The van der Waals surface area contributed by atoms with E-state index in [1.165, 1.54) is 29.8 Å². The Labute approximate surface area is 275 Å². The molecule has 3 rings (SSSR count). The Morgan fingerprint density at radius 3 is 2.31 bits per heavy atom. The second-order valence-corrected chi connectivity index (χ2v) is 14.6. The molecule has 0 N–H and O–H groups in total. The predicted octanol–water partition coefficient (Wildman–Crippen LogP) is 9.70. The highest BCUT2D eigenvalue weighted by Gasteiger charge is 2.64. The van der Waals surface area contributed by atoms with E-state index in [0.717, 1.165) is 39.2 Å². The summed E-state index contributed by atoms with van der Waals surface area (Å²) in [6.07, 6.45) is -0.0218. The molecular weight excluding hydrogens is 649 g/mol. The Kier molecular flexibility index (Phi) is 12.2. The van der Waals surface area contributed by atoms with Crippen molar-refractivity contribution in [1.82, 2.24) is 0 Å². The Morgan fingerprint density at radius 2 is 1.78 bits per heavy atom. The third-order valence-electron chi connectivity index (χ3n) is 10.3. The average Bonchev–Trinajstić information content (AvgIpc) is 3.33. The van der Waals surface area contributed by atoms with E-state index in [9.17, 15) is 22.8 Å². The molecular formula is C36H50BrF3O5. The number of methoxy groups -OCH3 is 1. The van der Waals surface area contributed by atoms with E-state index in [1.54, 1.807) is 26.8 Å². The van der Waals surface area contributed by atoms with Gasteiger partial charge in [0.05, 0.1) is 5.41 Å². The van der Waals surface area contributed by atoms with Crippen LogP contribution in [0.1, 0.15) is 92.1 Å². The smallest absolute Gasteiger partial charge is 0.432 e. The molecule has 2 fully saturated rings. The topological polar surface area (TPSA) is 61.8 Å². The lowest BCUT2D eigenvalue weighted by Crippen LogP contribution is -2.53. The van der Waals surface area contributed by atoms with Crippen molar-refractivity contribution in [2.75, 3.05) is 13.7 Å². The number of ether oxygens (including phenoxy) is 3. The van der Waals surface area contributed by atoms with Gasteiger partial charge < -0.3 is 14.2 Å². The van der Waals surface area contributed by atoms with Crippen molar-refractivity contribution in [1.29, 1.82) is 0 Å². The first kappa shape index (κ1) is 37.3. The molecule has 2 aliphatic carbocycles. The van der Waals surface area contributed by atoms with Crippen molar-refractivity contribution in [3.05, 3.63) is 58.6 Å². The van der Waals surface area contributed by atoms with Gasteiger partial charge in [0.2, 0.25) is 0 Å². The zero-order valence-electron chi connectivity index (χ0n) is 27.8. The average molecular weight is 700 g/mol. The summed E-state index contributed by atoms with van der Waals surface area (Å²) in [6.45, 7) is 15.6. The number of carbonyl (C=O) groups excluding carboxylic acids is 2. The molecule has 2 saturated carbocycles. The van der Waals surface area contributed by atoms with Crippen molar-refractivity contribution >= 4 is 27.9 Å². The van der Waals surface area contributed by atoms with Crippen LogP contribution >= 0.6 is 15.9 Å². The fourth-order valence-corrected chi connectivity index (χ4v) is 8.42. The largest absolute Gasteiger partial charge is 0.461 e. The van der Waals surface area contributed by atoms with Gasteiger partial charge in [-0.2, -0.15) is 13.2 Å². The molecule has 0 aromatic heterocycles. The number of hydrogen-bond acceptors (Lipinski definition) is 5. The lowest BCUT2D eigenvalue weighted by molar-refractivity contribution is -0.279. The summed E-state index contributed by atoms with van der Waals surface area (Å²) in [5, 5.41) is 0.